The molecule has 2 aliphatic rings. The molecule has 1 saturated heterocycles. The summed E-state index contributed by atoms with van der Waals surface area (Å²) in [5, 5.41) is 9.47. The molecule has 58 valence electrons. The maximum absolute atomic E-state index is 9.47. The van der Waals surface area contributed by atoms with Crippen LogP contribution in [0.1, 0.15) is 26.2 Å². The van der Waals surface area contributed by atoms with Crippen molar-refractivity contribution in [3.05, 3.63) is 0 Å². The molecule has 0 aromatic heterocycles. The third-order valence-electron chi connectivity index (χ3n) is 2.70. The van der Waals surface area contributed by atoms with Crippen LogP contribution < -0.4 is 0 Å². The lowest BCUT2D eigenvalue weighted by Gasteiger charge is -2.31. The maximum atomic E-state index is 9.47. The zero-order chi connectivity index (χ0) is 7.19. The van der Waals surface area contributed by atoms with E-state index in [4.69, 9.17) is 4.74 Å². The molecule has 0 aromatic carbocycles. The van der Waals surface area contributed by atoms with Crippen LogP contribution in [0, 0.1) is 5.92 Å². The lowest BCUT2D eigenvalue weighted by Crippen LogP contribution is -2.36. The summed E-state index contributed by atoms with van der Waals surface area (Å²) in [7, 11) is 0. The fraction of sp³-hybridized carbons (Fsp3) is 1.00. The topological polar surface area (TPSA) is 29.5 Å². The quantitative estimate of drug-likeness (QED) is 0.545. The van der Waals surface area contributed by atoms with Crippen molar-refractivity contribution in [2.75, 3.05) is 6.61 Å². The summed E-state index contributed by atoms with van der Waals surface area (Å²) in [6, 6.07) is 0. The molecule has 2 nitrogen and oxygen atoms in total. The van der Waals surface area contributed by atoms with Crippen molar-refractivity contribution < 1.29 is 9.84 Å². The molecule has 1 N–H and O–H groups in total. The second kappa shape index (κ2) is 1.95. The van der Waals surface area contributed by atoms with Crippen LogP contribution >= 0.6 is 0 Å². The molecule has 0 amide bonds. The molecular formula is C8H14O2. The van der Waals surface area contributed by atoms with E-state index in [1.165, 1.54) is 0 Å². The molecule has 1 saturated carbocycles. The minimum atomic E-state index is -0.115. The molecular weight excluding hydrogens is 128 g/mol. The van der Waals surface area contributed by atoms with Crippen molar-refractivity contribution >= 4 is 0 Å². The zero-order valence-electron chi connectivity index (χ0n) is 6.34. The standard InChI is InChI=1S/C8H14O2/c1-6-5-10-8(2-3-8)4-7(6)9/h6-7,9H,2-5H2,1H3/t6-,7-/m1/s1. The van der Waals surface area contributed by atoms with Gasteiger partial charge in [0.25, 0.3) is 0 Å². The zero-order valence-corrected chi connectivity index (χ0v) is 6.34. The number of ether oxygens (including phenoxy) is 1. The van der Waals surface area contributed by atoms with Crippen molar-refractivity contribution in [2.45, 2.75) is 37.9 Å². The number of aliphatic hydroxyl groups is 1. The molecule has 0 bridgehead atoms. The van der Waals surface area contributed by atoms with Crippen molar-refractivity contribution in [3.63, 3.8) is 0 Å². The number of hydrogen-bond donors (Lipinski definition) is 1. The van der Waals surface area contributed by atoms with Gasteiger partial charge >= 0.3 is 0 Å². The first-order valence-corrected chi connectivity index (χ1v) is 4.04. The summed E-state index contributed by atoms with van der Waals surface area (Å²) in [6.45, 7) is 2.79. The van der Waals surface area contributed by atoms with E-state index in [-0.39, 0.29) is 11.7 Å². The highest BCUT2D eigenvalue weighted by molar-refractivity contribution is 5.00. The highest BCUT2D eigenvalue weighted by Gasteiger charge is 2.49. The fourth-order valence-corrected chi connectivity index (χ4v) is 1.55. The fourth-order valence-electron chi connectivity index (χ4n) is 1.55. The number of hydrogen-bond acceptors (Lipinski definition) is 2. The maximum Gasteiger partial charge on any atom is 0.0709 e. The predicted molar refractivity (Wildman–Crippen MR) is 37.7 cm³/mol. The molecule has 1 spiro atoms. The molecule has 2 fully saturated rings. The van der Waals surface area contributed by atoms with Crippen LogP contribution in [0.4, 0.5) is 0 Å². The lowest BCUT2D eigenvalue weighted by atomic mass is 9.96. The first kappa shape index (κ1) is 6.62. The van der Waals surface area contributed by atoms with Crippen molar-refractivity contribution in [2.24, 2.45) is 5.92 Å². The Balaban J connectivity index is 1.98. The van der Waals surface area contributed by atoms with Gasteiger partial charge in [0.2, 0.25) is 0 Å². The van der Waals surface area contributed by atoms with Gasteiger partial charge in [0.1, 0.15) is 0 Å². The van der Waals surface area contributed by atoms with Gasteiger partial charge in [0.15, 0.2) is 0 Å². The van der Waals surface area contributed by atoms with Gasteiger partial charge in [-0.15, -0.1) is 0 Å². The SMILES string of the molecule is C[C@@H]1COC2(CC2)C[C@H]1O. The minimum absolute atomic E-state index is 0.115. The van der Waals surface area contributed by atoms with E-state index < -0.39 is 0 Å². The van der Waals surface area contributed by atoms with Gasteiger partial charge in [-0.1, -0.05) is 6.92 Å². The molecule has 2 heteroatoms. The lowest BCUT2D eigenvalue weighted by molar-refractivity contribution is -0.0916. The summed E-state index contributed by atoms with van der Waals surface area (Å²) >= 11 is 0. The Morgan fingerprint density at radius 1 is 1.50 bits per heavy atom. The summed E-state index contributed by atoms with van der Waals surface area (Å²) in [4.78, 5) is 0. The van der Waals surface area contributed by atoms with Crippen LogP contribution in [0.2, 0.25) is 0 Å². The molecule has 1 aliphatic heterocycles. The molecule has 2 rings (SSSR count). The molecule has 1 aliphatic carbocycles. The van der Waals surface area contributed by atoms with E-state index in [0.29, 0.717) is 5.92 Å². The van der Waals surface area contributed by atoms with Crippen molar-refractivity contribution in [1.29, 1.82) is 0 Å². The van der Waals surface area contributed by atoms with Crippen molar-refractivity contribution in [1.82, 2.24) is 0 Å². The monoisotopic (exact) mass is 142 g/mol. The Morgan fingerprint density at radius 3 is 2.70 bits per heavy atom. The van der Waals surface area contributed by atoms with Crippen LogP contribution in [0.3, 0.4) is 0 Å². The van der Waals surface area contributed by atoms with E-state index >= 15 is 0 Å². The Morgan fingerprint density at radius 2 is 2.20 bits per heavy atom. The molecule has 1 heterocycles. The number of rotatable bonds is 0. The Hall–Kier alpha value is -0.0800. The number of aliphatic hydroxyl groups excluding tert-OH is 1. The van der Waals surface area contributed by atoms with Gasteiger partial charge < -0.3 is 9.84 Å². The summed E-state index contributed by atoms with van der Waals surface area (Å²) < 4.78 is 5.60. The molecule has 0 unspecified atom stereocenters. The van der Waals surface area contributed by atoms with Gasteiger partial charge in [0.05, 0.1) is 18.3 Å². The van der Waals surface area contributed by atoms with Gasteiger partial charge in [-0.05, 0) is 12.8 Å². The van der Waals surface area contributed by atoms with Gasteiger partial charge in [-0.3, -0.25) is 0 Å². The average molecular weight is 142 g/mol. The second-order valence-corrected chi connectivity index (χ2v) is 3.74. The van der Waals surface area contributed by atoms with Crippen LogP contribution in [-0.2, 0) is 4.74 Å². The minimum Gasteiger partial charge on any atom is -0.393 e. The van der Waals surface area contributed by atoms with E-state index in [9.17, 15) is 5.11 Å². The van der Waals surface area contributed by atoms with E-state index in [1.54, 1.807) is 0 Å². The highest BCUT2D eigenvalue weighted by Crippen LogP contribution is 2.47. The van der Waals surface area contributed by atoms with Crippen LogP contribution in [0.5, 0.6) is 0 Å². The highest BCUT2D eigenvalue weighted by atomic mass is 16.5. The van der Waals surface area contributed by atoms with Crippen molar-refractivity contribution in [3.8, 4) is 0 Å². The first-order valence-electron chi connectivity index (χ1n) is 4.04. The average Bonchev–Trinajstić information content (AvgIpc) is 2.62. The molecule has 0 radical (unpaired) electrons. The molecule has 10 heavy (non-hydrogen) atoms. The summed E-state index contributed by atoms with van der Waals surface area (Å²) in [6.07, 6.45) is 3.08. The Labute approximate surface area is 61.2 Å². The summed E-state index contributed by atoms with van der Waals surface area (Å²) in [5.41, 5.74) is 0.131. The largest absolute Gasteiger partial charge is 0.393 e. The van der Waals surface area contributed by atoms with Gasteiger partial charge in [0, 0.05) is 12.3 Å². The van der Waals surface area contributed by atoms with E-state index in [1.807, 2.05) is 6.92 Å². The smallest absolute Gasteiger partial charge is 0.0709 e. The van der Waals surface area contributed by atoms with Gasteiger partial charge in [-0.2, -0.15) is 0 Å². The van der Waals surface area contributed by atoms with Gasteiger partial charge in [-0.25, -0.2) is 0 Å². The van der Waals surface area contributed by atoms with Crippen LogP contribution in [0.25, 0.3) is 0 Å². The van der Waals surface area contributed by atoms with Crippen LogP contribution in [-0.4, -0.2) is 23.4 Å². The van der Waals surface area contributed by atoms with E-state index in [2.05, 4.69) is 0 Å². The molecule has 2 atom stereocenters. The third-order valence-corrected chi connectivity index (χ3v) is 2.70. The van der Waals surface area contributed by atoms with Crippen LogP contribution in [0.15, 0.2) is 0 Å². The first-order chi connectivity index (χ1) is 4.72. The predicted octanol–water partition coefficient (Wildman–Crippen LogP) is 0.936. The van der Waals surface area contributed by atoms with E-state index in [0.717, 1.165) is 25.9 Å². The Kier molecular flexibility index (Phi) is 1.29. The normalized spacial score (nSPS) is 43.8. The molecule has 0 aromatic rings. The summed E-state index contributed by atoms with van der Waals surface area (Å²) in [5.74, 6) is 0.339. The second-order valence-electron chi connectivity index (χ2n) is 3.74. The third kappa shape index (κ3) is 0.956. The Bertz CT molecular complexity index is 140.